The number of nitrogens with zero attached hydrogens (tertiary/aromatic N) is 2. The molecule has 5 rings (SSSR count). The Bertz CT molecular complexity index is 1560. The van der Waals surface area contributed by atoms with E-state index < -0.39 is 12.0 Å². The number of hydrogen-bond donors (Lipinski definition) is 0. The second-order valence-electron chi connectivity index (χ2n) is 7.22. The SMILES string of the molecule is CCOC(=O)C1=C(c2ccccc2)N=c2s/c(=C/c3cc(Br)c(Br)o3)c(=O)n2[C@H]1c1cccs1. The van der Waals surface area contributed by atoms with Gasteiger partial charge in [0.05, 0.1) is 26.9 Å². The third-order valence-electron chi connectivity index (χ3n) is 5.12. The van der Waals surface area contributed by atoms with Gasteiger partial charge in [0, 0.05) is 16.5 Å². The highest BCUT2D eigenvalue weighted by Crippen LogP contribution is 2.36. The van der Waals surface area contributed by atoms with Crippen LogP contribution in [0.25, 0.3) is 11.8 Å². The molecule has 34 heavy (non-hydrogen) atoms. The van der Waals surface area contributed by atoms with Crippen LogP contribution in [0, 0.1) is 0 Å². The summed E-state index contributed by atoms with van der Waals surface area (Å²) in [5, 5.41) is 1.92. The number of fused-ring (bicyclic) bond motifs is 1. The molecule has 1 aromatic carbocycles. The van der Waals surface area contributed by atoms with Crippen molar-refractivity contribution in [3.63, 3.8) is 0 Å². The molecule has 4 heterocycles. The highest BCUT2D eigenvalue weighted by atomic mass is 79.9. The highest BCUT2D eigenvalue weighted by molar-refractivity contribution is 9.13. The van der Waals surface area contributed by atoms with Gasteiger partial charge in [-0.25, -0.2) is 9.79 Å². The summed E-state index contributed by atoms with van der Waals surface area (Å²) in [5.74, 6) is 0.0289. The van der Waals surface area contributed by atoms with Crippen LogP contribution in [0.3, 0.4) is 0 Å². The van der Waals surface area contributed by atoms with E-state index >= 15 is 0 Å². The minimum Gasteiger partial charge on any atom is -0.463 e. The molecular weight excluding hydrogens is 604 g/mol. The van der Waals surface area contributed by atoms with Crippen molar-refractivity contribution >= 4 is 72.3 Å². The second kappa shape index (κ2) is 9.61. The molecule has 0 N–H and O–H groups in total. The van der Waals surface area contributed by atoms with Gasteiger partial charge >= 0.3 is 5.97 Å². The van der Waals surface area contributed by atoms with Crippen LogP contribution in [0.2, 0.25) is 0 Å². The summed E-state index contributed by atoms with van der Waals surface area (Å²) in [5.41, 5.74) is 1.38. The number of aromatic nitrogens is 1. The summed E-state index contributed by atoms with van der Waals surface area (Å²) >= 11 is 9.45. The lowest BCUT2D eigenvalue weighted by atomic mass is 9.97. The fourth-order valence-corrected chi connectivity index (χ4v) is 6.13. The van der Waals surface area contributed by atoms with Crippen molar-refractivity contribution in [2.24, 2.45) is 4.99 Å². The minimum absolute atomic E-state index is 0.217. The van der Waals surface area contributed by atoms with Crippen LogP contribution in [-0.4, -0.2) is 17.1 Å². The number of benzene rings is 1. The Kier molecular flexibility index (Phi) is 6.57. The molecule has 0 saturated heterocycles. The monoisotopic (exact) mass is 618 g/mol. The third-order valence-corrected chi connectivity index (χ3v) is 8.74. The van der Waals surface area contributed by atoms with Gasteiger partial charge in [-0.3, -0.25) is 9.36 Å². The van der Waals surface area contributed by atoms with Crippen LogP contribution in [0.1, 0.15) is 29.2 Å². The van der Waals surface area contributed by atoms with Crippen molar-refractivity contribution in [3.05, 3.63) is 105 Å². The molecule has 0 fully saturated rings. The van der Waals surface area contributed by atoms with E-state index in [0.29, 0.717) is 31.0 Å². The molecular formula is C24H16Br2N2O4S2. The average molecular weight is 620 g/mol. The maximum atomic E-state index is 13.6. The number of thiazole rings is 1. The Labute approximate surface area is 218 Å². The highest BCUT2D eigenvalue weighted by Gasteiger charge is 2.35. The summed E-state index contributed by atoms with van der Waals surface area (Å²) in [4.78, 5) is 33.1. The number of esters is 1. The predicted molar refractivity (Wildman–Crippen MR) is 139 cm³/mol. The number of carbonyl (C=O) groups is 1. The Hall–Kier alpha value is -2.53. The zero-order valence-corrected chi connectivity index (χ0v) is 22.5. The summed E-state index contributed by atoms with van der Waals surface area (Å²) in [6.07, 6.45) is 1.68. The first-order valence-corrected chi connectivity index (χ1v) is 13.5. The Morgan fingerprint density at radius 2 is 2.03 bits per heavy atom. The largest absolute Gasteiger partial charge is 0.463 e. The first-order valence-electron chi connectivity index (χ1n) is 10.2. The molecule has 0 bridgehead atoms. The first kappa shape index (κ1) is 23.2. The van der Waals surface area contributed by atoms with Gasteiger partial charge in [0.1, 0.15) is 11.8 Å². The Morgan fingerprint density at radius 1 is 1.24 bits per heavy atom. The van der Waals surface area contributed by atoms with Crippen molar-refractivity contribution in [3.8, 4) is 0 Å². The molecule has 4 aromatic rings. The summed E-state index contributed by atoms with van der Waals surface area (Å²) in [7, 11) is 0. The van der Waals surface area contributed by atoms with Crippen molar-refractivity contribution in [2.45, 2.75) is 13.0 Å². The molecule has 1 aliphatic heterocycles. The number of carbonyl (C=O) groups excluding carboxylic acids is 1. The molecule has 1 aliphatic rings. The average Bonchev–Trinajstić information content (AvgIpc) is 3.54. The number of halogens is 2. The zero-order chi connectivity index (χ0) is 23.8. The van der Waals surface area contributed by atoms with Gasteiger partial charge in [-0.05, 0) is 56.3 Å². The van der Waals surface area contributed by atoms with Gasteiger partial charge in [-0.1, -0.05) is 47.7 Å². The molecule has 0 saturated carbocycles. The van der Waals surface area contributed by atoms with Gasteiger partial charge in [-0.15, -0.1) is 11.3 Å². The molecule has 172 valence electrons. The van der Waals surface area contributed by atoms with E-state index in [1.54, 1.807) is 23.6 Å². The molecule has 0 amide bonds. The topological polar surface area (TPSA) is 73.8 Å². The quantitative estimate of drug-likeness (QED) is 0.291. The molecule has 1 atom stereocenters. The molecule has 0 unspecified atom stereocenters. The molecule has 0 spiro atoms. The Balaban J connectivity index is 1.81. The normalized spacial score (nSPS) is 15.9. The van der Waals surface area contributed by atoms with Gasteiger partial charge in [0.25, 0.3) is 5.56 Å². The number of hydrogen-bond acceptors (Lipinski definition) is 7. The van der Waals surface area contributed by atoms with Crippen LogP contribution >= 0.6 is 54.5 Å². The fourth-order valence-electron chi connectivity index (χ4n) is 3.72. The van der Waals surface area contributed by atoms with Crippen LogP contribution in [0.15, 0.2) is 82.8 Å². The molecule has 0 aliphatic carbocycles. The predicted octanol–water partition coefficient (Wildman–Crippen LogP) is 5.12. The smallest absolute Gasteiger partial charge is 0.338 e. The number of thiophene rings is 1. The zero-order valence-electron chi connectivity index (χ0n) is 17.7. The van der Waals surface area contributed by atoms with Gasteiger partial charge in [0.15, 0.2) is 9.47 Å². The molecule has 10 heteroatoms. The van der Waals surface area contributed by atoms with E-state index in [-0.39, 0.29) is 12.2 Å². The maximum Gasteiger partial charge on any atom is 0.338 e. The number of furan rings is 1. The number of ether oxygens (including phenoxy) is 1. The lowest BCUT2D eigenvalue weighted by molar-refractivity contribution is -0.138. The first-order chi connectivity index (χ1) is 16.5. The molecule has 6 nitrogen and oxygen atoms in total. The van der Waals surface area contributed by atoms with Crippen molar-refractivity contribution in [2.75, 3.05) is 6.61 Å². The maximum absolute atomic E-state index is 13.6. The lowest BCUT2D eigenvalue weighted by Gasteiger charge is -2.24. The van der Waals surface area contributed by atoms with E-state index in [1.807, 2.05) is 47.8 Å². The van der Waals surface area contributed by atoms with Crippen LogP contribution in [-0.2, 0) is 9.53 Å². The molecule has 3 aromatic heterocycles. The van der Waals surface area contributed by atoms with Crippen molar-refractivity contribution in [1.82, 2.24) is 4.57 Å². The standard InChI is InChI=1S/C24H16Br2N2O4S2/c1-2-31-23(30)18-19(13-7-4-3-5-8-13)27-24-28(20(18)16-9-6-10-33-16)22(29)17(34-24)12-14-11-15(25)21(26)32-14/h3-12,20H,2H2,1H3/b17-12+/t20-/m0/s1. The molecule has 0 radical (unpaired) electrons. The lowest BCUT2D eigenvalue weighted by Crippen LogP contribution is -2.39. The van der Waals surface area contributed by atoms with E-state index in [0.717, 1.165) is 14.9 Å². The van der Waals surface area contributed by atoms with Gasteiger partial charge < -0.3 is 9.15 Å². The summed E-state index contributed by atoms with van der Waals surface area (Å²) < 4.78 is 14.4. The second-order valence-corrected chi connectivity index (χ2v) is 10.8. The third kappa shape index (κ3) is 4.19. The van der Waals surface area contributed by atoms with Crippen LogP contribution in [0.5, 0.6) is 0 Å². The summed E-state index contributed by atoms with van der Waals surface area (Å²) in [6, 6.07) is 14.4. The van der Waals surface area contributed by atoms with Crippen LogP contribution < -0.4 is 14.9 Å². The van der Waals surface area contributed by atoms with E-state index in [9.17, 15) is 9.59 Å². The van der Waals surface area contributed by atoms with Crippen molar-refractivity contribution in [1.29, 1.82) is 0 Å². The van der Waals surface area contributed by atoms with E-state index in [2.05, 4.69) is 31.9 Å². The van der Waals surface area contributed by atoms with E-state index in [4.69, 9.17) is 14.1 Å². The Morgan fingerprint density at radius 3 is 2.68 bits per heavy atom. The fraction of sp³-hybridized carbons (Fsp3) is 0.125. The number of rotatable bonds is 5. The van der Waals surface area contributed by atoms with E-state index in [1.165, 1.54) is 22.7 Å². The van der Waals surface area contributed by atoms with Gasteiger partial charge in [0.2, 0.25) is 0 Å². The minimum atomic E-state index is -0.650. The van der Waals surface area contributed by atoms with Crippen LogP contribution in [0.4, 0.5) is 0 Å². The summed E-state index contributed by atoms with van der Waals surface area (Å²) in [6.45, 7) is 1.98. The van der Waals surface area contributed by atoms with Crippen molar-refractivity contribution < 1.29 is 13.9 Å². The van der Waals surface area contributed by atoms with Gasteiger partial charge in [-0.2, -0.15) is 0 Å².